The normalized spacial score (nSPS) is 13.0. The van der Waals surface area contributed by atoms with Crippen molar-refractivity contribution in [2.75, 3.05) is 20.1 Å². The summed E-state index contributed by atoms with van der Waals surface area (Å²) in [5.74, 6) is 0.673. The summed E-state index contributed by atoms with van der Waals surface area (Å²) in [5, 5.41) is 0.412. The number of halogens is 1. The average molecular weight is 308 g/mol. The molecule has 0 radical (unpaired) electrons. The Labute approximate surface area is 130 Å². The first kappa shape index (κ1) is 16.0. The minimum atomic E-state index is -0.241. The molecule has 114 valence electrons. The quantitative estimate of drug-likeness (QED) is 0.770. The van der Waals surface area contributed by atoms with Crippen molar-refractivity contribution in [3.8, 4) is 0 Å². The highest BCUT2D eigenvalue weighted by Gasteiger charge is 2.16. The Kier molecular flexibility index (Phi) is 5.37. The van der Waals surface area contributed by atoms with Gasteiger partial charge in [-0.1, -0.05) is 26.0 Å². The van der Waals surface area contributed by atoms with Crippen molar-refractivity contribution < 1.29 is 0 Å². The molecule has 1 atom stereocenters. The number of hydrogen-bond donors (Lipinski definition) is 0. The van der Waals surface area contributed by atoms with E-state index >= 15 is 0 Å². The summed E-state index contributed by atoms with van der Waals surface area (Å²) < 4.78 is 1.73. The third-order valence-corrected chi connectivity index (χ3v) is 4.28. The van der Waals surface area contributed by atoms with Crippen molar-refractivity contribution in [3.05, 3.63) is 40.4 Å². The number of nitrogens with zero attached hydrogens (tertiary/aromatic N) is 3. The molecule has 0 bridgehead atoms. The van der Waals surface area contributed by atoms with Crippen LogP contribution in [0.2, 0.25) is 0 Å². The molecule has 0 aliphatic heterocycles. The first-order chi connectivity index (χ1) is 10.1. The molecule has 2 rings (SSSR count). The van der Waals surface area contributed by atoms with Gasteiger partial charge in [-0.25, -0.2) is 4.98 Å². The van der Waals surface area contributed by atoms with Gasteiger partial charge in [0.2, 0.25) is 0 Å². The van der Waals surface area contributed by atoms with Gasteiger partial charge < -0.3 is 4.90 Å². The fourth-order valence-electron chi connectivity index (χ4n) is 2.25. The largest absolute Gasteiger partial charge is 0.305 e. The minimum Gasteiger partial charge on any atom is -0.305 e. The monoisotopic (exact) mass is 307 g/mol. The average Bonchev–Trinajstić information content (AvgIpc) is 2.52. The molecule has 21 heavy (non-hydrogen) atoms. The number of alkyl halides is 1. The second-order valence-corrected chi connectivity index (χ2v) is 5.74. The van der Waals surface area contributed by atoms with Crippen molar-refractivity contribution in [1.29, 1.82) is 0 Å². The van der Waals surface area contributed by atoms with Gasteiger partial charge in [0.05, 0.1) is 16.3 Å². The number of para-hydroxylation sites is 1. The van der Waals surface area contributed by atoms with E-state index in [9.17, 15) is 4.79 Å². The summed E-state index contributed by atoms with van der Waals surface area (Å²) in [4.78, 5) is 19.5. The van der Waals surface area contributed by atoms with Crippen LogP contribution in [-0.2, 0) is 6.54 Å². The molecule has 4 nitrogen and oxygen atoms in total. The van der Waals surface area contributed by atoms with Crippen LogP contribution in [0.15, 0.2) is 29.1 Å². The molecule has 1 unspecified atom stereocenters. The molecule has 1 heterocycles. The molecule has 0 aliphatic rings. The molecule has 0 N–H and O–H groups in total. The third kappa shape index (κ3) is 3.44. The van der Waals surface area contributed by atoms with Crippen LogP contribution in [0.1, 0.15) is 31.5 Å². The lowest BCUT2D eigenvalue weighted by molar-refractivity contribution is 0.330. The van der Waals surface area contributed by atoms with Gasteiger partial charge >= 0.3 is 0 Å². The molecule has 0 fully saturated rings. The standard InChI is InChI=1S/C16H22ClN3O/c1-4-13(17)15-18-14-9-7-6-8-12(14)16(21)20(15)11-10-19(3)5-2/h6-9,13H,4-5,10-11H2,1-3H3. The van der Waals surface area contributed by atoms with E-state index < -0.39 is 0 Å². The van der Waals surface area contributed by atoms with Crippen LogP contribution in [0.5, 0.6) is 0 Å². The SMILES string of the molecule is CCC(Cl)c1nc2ccccc2c(=O)n1CCN(C)CC. The summed E-state index contributed by atoms with van der Waals surface area (Å²) in [6, 6.07) is 7.44. The lowest BCUT2D eigenvalue weighted by Crippen LogP contribution is -2.31. The number of likely N-dealkylation sites (N-methyl/N-ethyl adjacent to an activating group) is 1. The zero-order chi connectivity index (χ0) is 15.4. The van der Waals surface area contributed by atoms with E-state index in [0.717, 1.165) is 25.0 Å². The second-order valence-electron chi connectivity index (χ2n) is 5.22. The van der Waals surface area contributed by atoms with Gasteiger partial charge in [-0.2, -0.15) is 0 Å². The van der Waals surface area contributed by atoms with Crippen LogP contribution >= 0.6 is 11.6 Å². The molecule has 0 saturated carbocycles. The van der Waals surface area contributed by atoms with Gasteiger partial charge in [0.25, 0.3) is 5.56 Å². The zero-order valence-electron chi connectivity index (χ0n) is 12.8. The van der Waals surface area contributed by atoms with E-state index in [1.807, 2.05) is 38.2 Å². The summed E-state index contributed by atoms with van der Waals surface area (Å²) in [6.07, 6.45) is 0.746. The first-order valence-electron chi connectivity index (χ1n) is 7.40. The van der Waals surface area contributed by atoms with Gasteiger partial charge in [-0.3, -0.25) is 9.36 Å². The Balaban J connectivity index is 2.53. The maximum Gasteiger partial charge on any atom is 0.261 e. The fraction of sp³-hybridized carbons (Fsp3) is 0.500. The molecular formula is C16H22ClN3O. The highest BCUT2D eigenvalue weighted by Crippen LogP contribution is 2.22. The number of rotatable bonds is 6. The molecular weight excluding hydrogens is 286 g/mol. The van der Waals surface area contributed by atoms with Crippen LogP contribution in [-0.4, -0.2) is 34.6 Å². The number of fused-ring (bicyclic) bond motifs is 1. The molecule has 0 spiro atoms. The number of aromatic nitrogens is 2. The van der Waals surface area contributed by atoms with Crippen LogP contribution < -0.4 is 5.56 Å². The minimum absolute atomic E-state index is 0.000738. The molecule has 2 aromatic rings. The van der Waals surface area contributed by atoms with Crippen LogP contribution in [0.25, 0.3) is 10.9 Å². The third-order valence-electron chi connectivity index (χ3n) is 3.77. The van der Waals surface area contributed by atoms with Crippen molar-refractivity contribution in [3.63, 3.8) is 0 Å². The summed E-state index contributed by atoms with van der Waals surface area (Å²) >= 11 is 6.38. The molecule has 5 heteroatoms. The lowest BCUT2D eigenvalue weighted by Gasteiger charge is -2.19. The van der Waals surface area contributed by atoms with E-state index in [2.05, 4.69) is 16.8 Å². The Morgan fingerprint density at radius 3 is 2.71 bits per heavy atom. The highest BCUT2D eigenvalue weighted by molar-refractivity contribution is 6.20. The summed E-state index contributed by atoms with van der Waals surface area (Å²) in [7, 11) is 2.04. The van der Waals surface area contributed by atoms with Crippen molar-refractivity contribution in [2.24, 2.45) is 0 Å². The highest BCUT2D eigenvalue weighted by atomic mass is 35.5. The topological polar surface area (TPSA) is 38.1 Å². The van der Waals surface area contributed by atoms with Crippen molar-refractivity contribution >= 4 is 22.5 Å². The van der Waals surface area contributed by atoms with Crippen LogP contribution in [0.3, 0.4) is 0 Å². The predicted molar refractivity (Wildman–Crippen MR) is 88.1 cm³/mol. The molecule has 0 aliphatic carbocycles. The summed E-state index contributed by atoms with van der Waals surface area (Å²) in [6.45, 7) is 6.46. The molecule has 0 amide bonds. The zero-order valence-corrected chi connectivity index (χ0v) is 13.6. The lowest BCUT2D eigenvalue weighted by atomic mass is 10.2. The van der Waals surface area contributed by atoms with E-state index in [1.54, 1.807) is 4.57 Å². The van der Waals surface area contributed by atoms with E-state index in [-0.39, 0.29) is 10.9 Å². The van der Waals surface area contributed by atoms with Crippen LogP contribution in [0, 0.1) is 0 Å². The Morgan fingerprint density at radius 2 is 2.05 bits per heavy atom. The van der Waals surface area contributed by atoms with Crippen LogP contribution in [0.4, 0.5) is 0 Å². The smallest absolute Gasteiger partial charge is 0.261 e. The first-order valence-corrected chi connectivity index (χ1v) is 7.84. The van der Waals surface area contributed by atoms with Gasteiger partial charge in [0.15, 0.2) is 0 Å². The Bertz CT molecular complexity index is 668. The van der Waals surface area contributed by atoms with Gasteiger partial charge in [0.1, 0.15) is 5.82 Å². The Morgan fingerprint density at radius 1 is 1.33 bits per heavy atom. The van der Waals surface area contributed by atoms with E-state index in [1.165, 1.54) is 0 Å². The van der Waals surface area contributed by atoms with E-state index in [4.69, 9.17) is 11.6 Å². The summed E-state index contributed by atoms with van der Waals surface area (Å²) in [5.41, 5.74) is 0.718. The van der Waals surface area contributed by atoms with Crippen molar-refractivity contribution in [2.45, 2.75) is 32.2 Å². The maximum atomic E-state index is 12.7. The van der Waals surface area contributed by atoms with Gasteiger partial charge in [-0.15, -0.1) is 11.6 Å². The molecule has 1 aromatic heterocycles. The fourth-order valence-corrected chi connectivity index (χ4v) is 2.42. The predicted octanol–water partition coefficient (Wildman–Crippen LogP) is 3.04. The molecule has 0 saturated heterocycles. The number of benzene rings is 1. The van der Waals surface area contributed by atoms with Gasteiger partial charge in [0, 0.05) is 13.1 Å². The maximum absolute atomic E-state index is 12.7. The second kappa shape index (κ2) is 7.05. The van der Waals surface area contributed by atoms with Gasteiger partial charge in [-0.05, 0) is 32.1 Å². The van der Waals surface area contributed by atoms with Crippen molar-refractivity contribution in [1.82, 2.24) is 14.5 Å². The Hall–Kier alpha value is -1.39. The molecule has 1 aromatic carbocycles. The number of hydrogen-bond acceptors (Lipinski definition) is 3. The van der Waals surface area contributed by atoms with E-state index in [0.29, 0.717) is 17.8 Å².